The molecular weight excluding hydrogens is 324 g/mol. The van der Waals surface area contributed by atoms with E-state index in [2.05, 4.69) is 22.4 Å². The van der Waals surface area contributed by atoms with Crippen LogP contribution in [0.25, 0.3) is 0 Å². The van der Waals surface area contributed by atoms with Crippen LogP contribution in [0.5, 0.6) is 5.88 Å². The van der Waals surface area contributed by atoms with Crippen LogP contribution in [0.2, 0.25) is 0 Å². The second kappa shape index (κ2) is 6.64. The van der Waals surface area contributed by atoms with Gasteiger partial charge in [0.05, 0.1) is 24.4 Å². The lowest BCUT2D eigenvalue weighted by Crippen LogP contribution is -2.41. The van der Waals surface area contributed by atoms with Crippen molar-refractivity contribution in [2.75, 3.05) is 12.4 Å². The van der Waals surface area contributed by atoms with Gasteiger partial charge in [0.15, 0.2) is 0 Å². The van der Waals surface area contributed by atoms with Crippen LogP contribution in [0.4, 0.5) is 5.69 Å². The third-order valence-electron chi connectivity index (χ3n) is 5.07. The van der Waals surface area contributed by atoms with Crippen LogP contribution in [0, 0.1) is 0 Å². The Kier molecular flexibility index (Phi) is 4.17. The van der Waals surface area contributed by atoms with Crippen LogP contribution >= 0.6 is 0 Å². The molecule has 0 saturated carbocycles. The Morgan fingerprint density at radius 2 is 1.62 bits per heavy atom. The Hall–Kier alpha value is -3.14. The van der Waals surface area contributed by atoms with Gasteiger partial charge in [0.1, 0.15) is 0 Å². The molecule has 0 saturated heterocycles. The zero-order valence-electron chi connectivity index (χ0n) is 14.6. The van der Waals surface area contributed by atoms with Crippen molar-refractivity contribution in [3.05, 3.63) is 89.6 Å². The molecule has 0 radical (unpaired) electrons. The molecule has 2 aromatic carbocycles. The molecule has 0 atom stereocenters. The molecule has 26 heavy (non-hydrogen) atoms. The lowest BCUT2D eigenvalue weighted by atomic mass is 9.76. The first kappa shape index (κ1) is 16.3. The van der Waals surface area contributed by atoms with Crippen LogP contribution < -0.4 is 10.1 Å². The van der Waals surface area contributed by atoms with Gasteiger partial charge in [0, 0.05) is 6.07 Å². The standard InChI is InChI=1S/C22H20N2O2/c1-26-20-12-11-19(15-23-20)24-21(25)22(18-9-3-2-4-10-18)13-16-7-5-6-8-17(16)14-22/h2-12,15H,13-14H2,1H3,(H,24,25). The minimum atomic E-state index is -0.606. The number of methoxy groups -OCH3 is 1. The lowest BCUT2D eigenvalue weighted by Gasteiger charge is -2.28. The molecule has 1 aromatic heterocycles. The van der Waals surface area contributed by atoms with Crippen molar-refractivity contribution in [3.63, 3.8) is 0 Å². The number of nitrogens with zero attached hydrogens (tertiary/aromatic N) is 1. The molecular formula is C22H20N2O2. The molecule has 4 heteroatoms. The molecule has 0 aliphatic heterocycles. The van der Waals surface area contributed by atoms with Crippen LogP contribution in [0.1, 0.15) is 16.7 Å². The number of amides is 1. The number of hydrogen-bond acceptors (Lipinski definition) is 3. The van der Waals surface area contributed by atoms with Crippen molar-refractivity contribution < 1.29 is 9.53 Å². The Morgan fingerprint density at radius 1 is 0.962 bits per heavy atom. The molecule has 1 aliphatic carbocycles. The fourth-order valence-electron chi connectivity index (χ4n) is 3.69. The van der Waals surface area contributed by atoms with Gasteiger partial charge in [0.25, 0.3) is 0 Å². The maximum atomic E-state index is 13.4. The molecule has 4 nitrogen and oxygen atoms in total. The summed E-state index contributed by atoms with van der Waals surface area (Å²) in [4.78, 5) is 17.6. The Morgan fingerprint density at radius 3 is 2.19 bits per heavy atom. The predicted octanol–water partition coefficient (Wildman–Crippen LogP) is 3.77. The van der Waals surface area contributed by atoms with E-state index < -0.39 is 5.41 Å². The van der Waals surface area contributed by atoms with Crippen molar-refractivity contribution in [2.24, 2.45) is 0 Å². The van der Waals surface area contributed by atoms with Gasteiger partial charge in [-0.1, -0.05) is 54.6 Å². The first-order chi connectivity index (χ1) is 12.7. The van der Waals surface area contributed by atoms with Crippen molar-refractivity contribution in [1.29, 1.82) is 0 Å². The van der Waals surface area contributed by atoms with Gasteiger partial charge in [-0.25, -0.2) is 4.98 Å². The number of ether oxygens (including phenoxy) is 1. The second-order valence-corrected chi connectivity index (χ2v) is 6.61. The highest BCUT2D eigenvalue weighted by atomic mass is 16.5. The SMILES string of the molecule is COc1ccc(NC(=O)C2(c3ccccc3)Cc3ccccc3C2)cn1. The Labute approximate surface area is 152 Å². The summed E-state index contributed by atoms with van der Waals surface area (Å²) in [6, 6.07) is 21.9. The molecule has 1 aliphatic rings. The number of fused-ring (bicyclic) bond motifs is 1. The van der Waals surface area contributed by atoms with E-state index >= 15 is 0 Å². The Balaban J connectivity index is 1.69. The van der Waals surface area contributed by atoms with Gasteiger partial charge in [-0.2, -0.15) is 0 Å². The maximum absolute atomic E-state index is 13.4. The first-order valence-corrected chi connectivity index (χ1v) is 8.65. The molecule has 0 fully saturated rings. The molecule has 0 unspecified atom stereocenters. The monoisotopic (exact) mass is 344 g/mol. The molecule has 1 heterocycles. The summed E-state index contributed by atoms with van der Waals surface area (Å²) in [5.74, 6) is 0.515. The van der Waals surface area contributed by atoms with E-state index in [1.807, 2.05) is 48.5 Å². The fraction of sp³-hybridized carbons (Fsp3) is 0.182. The molecule has 0 spiro atoms. The summed E-state index contributed by atoms with van der Waals surface area (Å²) >= 11 is 0. The summed E-state index contributed by atoms with van der Waals surface area (Å²) in [5, 5.41) is 3.05. The van der Waals surface area contributed by atoms with Gasteiger partial charge in [-0.05, 0) is 35.6 Å². The number of anilines is 1. The van der Waals surface area contributed by atoms with E-state index in [0.29, 0.717) is 24.4 Å². The van der Waals surface area contributed by atoms with E-state index in [9.17, 15) is 4.79 Å². The van der Waals surface area contributed by atoms with Gasteiger partial charge in [-0.3, -0.25) is 4.79 Å². The number of aromatic nitrogens is 1. The van der Waals surface area contributed by atoms with E-state index in [0.717, 1.165) is 5.56 Å². The van der Waals surface area contributed by atoms with E-state index in [4.69, 9.17) is 4.74 Å². The van der Waals surface area contributed by atoms with Gasteiger partial charge in [0.2, 0.25) is 11.8 Å². The molecule has 4 rings (SSSR count). The number of benzene rings is 2. The molecule has 0 bridgehead atoms. The first-order valence-electron chi connectivity index (χ1n) is 8.65. The largest absolute Gasteiger partial charge is 0.481 e. The number of rotatable bonds is 4. The third kappa shape index (κ3) is 2.84. The quantitative estimate of drug-likeness (QED) is 0.784. The van der Waals surface area contributed by atoms with Crippen molar-refractivity contribution in [1.82, 2.24) is 4.98 Å². The second-order valence-electron chi connectivity index (χ2n) is 6.61. The van der Waals surface area contributed by atoms with Crippen LogP contribution in [0.3, 0.4) is 0 Å². The van der Waals surface area contributed by atoms with Gasteiger partial charge >= 0.3 is 0 Å². The van der Waals surface area contributed by atoms with Crippen LogP contribution in [0.15, 0.2) is 72.9 Å². The van der Waals surface area contributed by atoms with Crippen molar-refractivity contribution in [3.8, 4) is 5.88 Å². The fourth-order valence-corrected chi connectivity index (χ4v) is 3.69. The summed E-state index contributed by atoms with van der Waals surface area (Å²) in [5.41, 5.74) is 3.57. The zero-order valence-corrected chi connectivity index (χ0v) is 14.6. The number of carbonyl (C=O) groups is 1. The van der Waals surface area contributed by atoms with Crippen LogP contribution in [-0.2, 0) is 23.1 Å². The van der Waals surface area contributed by atoms with Crippen molar-refractivity contribution in [2.45, 2.75) is 18.3 Å². The van der Waals surface area contributed by atoms with E-state index in [1.165, 1.54) is 11.1 Å². The molecule has 1 amide bonds. The number of hydrogen-bond donors (Lipinski definition) is 1. The normalized spacial score (nSPS) is 14.5. The molecule has 3 aromatic rings. The smallest absolute Gasteiger partial charge is 0.235 e. The average Bonchev–Trinajstić information content (AvgIpc) is 3.10. The highest BCUT2D eigenvalue weighted by Crippen LogP contribution is 2.40. The Bertz CT molecular complexity index is 895. The van der Waals surface area contributed by atoms with E-state index in [1.54, 1.807) is 19.4 Å². The van der Waals surface area contributed by atoms with Gasteiger partial charge in [-0.15, -0.1) is 0 Å². The highest BCUT2D eigenvalue weighted by Gasteiger charge is 2.45. The summed E-state index contributed by atoms with van der Waals surface area (Å²) in [6.07, 6.45) is 3.02. The summed E-state index contributed by atoms with van der Waals surface area (Å²) in [6.45, 7) is 0. The number of carbonyl (C=O) groups excluding carboxylic acids is 1. The summed E-state index contributed by atoms with van der Waals surface area (Å²) in [7, 11) is 1.57. The number of pyridine rings is 1. The van der Waals surface area contributed by atoms with Gasteiger partial charge < -0.3 is 10.1 Å². The van der Waals surface area contributed by atoms with E-state index in [-0.39, 0.29) is 5.91 Å². The minimum Gasteiger partial charge on any atom is -0.481 e. The minimum absolute atomic E-state index is 0.00753. The predicted molar refractivity (Wildman–Crippen MR) is 101 cm³/mol. The average molecular weight is 344 g/mol. The maximum Gasteiger partial charge on any atom is 0.235 e. The number of nitrogens with one attached hydrogen (secondary N) is 1. The molecule has 130 valence electrons. The van der Waals surface area contributed by atoms with Crippen molar-refractivity contribution >= 4 is 11.6 Å². The third-order valence-corrected chi connectivity index (χ3v) is 5.07. The lowest BCUT2D eigenvalue weighted by molar-refractivity contribution is -0.121. The zero-order chi connectivity index (χ0) is 18.0. The highest BCUT2D eigenvalue weighted by molar-refractivity contribution is 6.00. The van der Waals surface area contributed by atoms with Crippen LogP contribution in [-0.4, -0.2) is 18.0 Å². The summed E-state index contributed by atoms with van der Waals surface area (Å²) < 4.78 is 5.08. The molecule has 1 N–H and O–H groups in total. The topological polar surface area (TPSA) is 51.2 Å².